The van der Waals surface area contributed by atoms with Crippen LogP contribution >= 0.6 is 0 Å². The zero-order valence-corrected chi connectivity index (χ0v) is 13.8. The summed E-state index contributed by atoms with van der Waals surface area (Å²) in [6.45, 7) is 6.97. The number of methoxy groups -OCH3 is 1. The predicted molar refractivity (Wildman–Crippen MR) is 87.2 cm³/mol. The van der Waals surface area contributed by atoms with E-state index in [1.807, 2.05) is 0 Å². The number of piperidine rings is 1. The first-order valence-electron chi connectivity index (χ1n) is 8.21. The topological polar surface area (TPSA) is 24.5 Å². The van der Waals surface area contributed by atoms with Gasteiger partial charge >= 0.3 is 0 Å². The molecule has 1 saturated heterocycles. The van der Waals surface area contributed by atoms with Gasteiger partial charge in [0.1, 0.15) is 5.75 Å². The van der Waals surface area contributed by atoms with Crippen molar-refractivity contribution in [1.82, 2.24) is 10.2 Å². The largest absolute Gasteiger partial charge is 0.497 e. The number of likely N-dealkylation sites (tertiary alicyclic amines) is 1. The maximum absolute atomic E-state index is 5.47. The number of benzene rings is 1. The van der Waals surface area contributed by atoms with Crippen LogP contribution in [0.2, 0.25) is 0 Å². The number of ether oxygens (including phenoxy) is 1. The molecule has 1 aromatic carbocycles. The van der Waals surface area contributed by atoms with Crippen LogP contribution in [-0.2, 0) is 11.8 Å². The minimum absolute atomic E-state index is 0.217. The van der Waals surface area contributed by atoms with Gasteiger partial charge in [-0.15, -0.1) is 0 Å². The predicted octanol–water partition coefficient (Wildman–Crippen LogP) is 2.58. The Hall–Kier alpha value is -1.06. The first-order chi connectivity index (χ1) is 10.1. The van der Waals surface area contributed by atoms with Crippen molar-refractivity contribution in [2.45, 2.75) is 50.6 Å². The summed E-state index contributed by atoms with van der Waals surface area (Å²) in [5, 5.41) is 3.84. The van der Waals surface area contributed by atoms with Crippen LogP contribution in [-0.4, -0.2) is 44.2 Å². The van der Waals surface area contributed by atoms with Gasteiger partial charge in [-0.1, -0.05) is 19.9 Å². The van der Waals surface area contributed by atoms with Crippen LogP contribution < -0.4 is 10.1 Å². The second-order valence-electron chi connectivity index (χ2n) is 6.87. The molecule has 1 aliphatic carbocycles. The minimum Gasteiger partial charge on any atom is -0.497 e. The fourth-order valence-electron chi connectivity index (χ4n) is 4.26. The zero-order valence-electron chi connectivity index (χ0n) is 13.8. The van der Waals surface area contributed by atoms with E-state index in [0.29, 0.717) is 12.1 Å². The highest BCUT2D eigenvalue weighted by Gasteiger charge is 2.49. The van der Waals surface area contributed by atoms with Gasteiger partial charge in [-0.25, -0.2) is 0 Å². The molecule has 1 aromatic rings. The van der Waals surface area contributed by atoms with Crippen LogP contribution in [0.25, 0.3) is 0 Å². The van der Waals surface area contributed by atoms with Crippen molar-refractivity contribution < 1.29 is 4.74 Å². The highest BCUT2D eigenvalue weighted by molar-refractivity contribution is 5.45. The molecule has 1 aliphatic heterocycles. The van der Waals surface area contributed by atoms with E-state index in [1.54, 1.807) is 7.11 Å². The Kier molecular flexibility index (Phi) is 3.98. The van der Waals surface area contributed by atoms with E-state index in [1.165, 1.54) is 30.5 Å². The maximum atomic E-state index is 5.47. The first-order valence-corrected chi connectivity index (χ1v) is 8.21. The van der Waals surface area contributed by atoms with Crippen LogP contribution in [0, 0.1) is 0 Å². The van der Waals surface area contributed by atoms with Crippen molar-refractivity contribution in [3.63, 3.8) is 0 Å². The van der Waals surface area contributed by atoms with E-state index in [-0.39, 0.29) is 5.41 Å². The van der Waals surface area contributed by atoms with Crippen molar-refractivity contribution >= 4 is 0 Å². The molecule has 0 spiro atoms. The molecule has 3 atom stereocenters. The molecule has 0 saturated carbocycles. The number of hydrogen-bond acceptors (Lipinski definition) is 3. The normalized spacial score (nSPS) is 31.8. The van der Waals surface area contributed by atoms with E-state index in [9.17, 15) is 0 Å². The number of rotatable bonds is 4. The second-order valence-corrected chi connectivity index (χ2v) is 6.87. The molecule has 1 unspecified atom stereocenters. The lowest BCUT2D eigenvalue weighted by atomic mass is 9.61. The van der Waals surface area contributed by atoms with Crippen LogP contribution in [0.4, 0.5) is 0 Å². The smallest absolute Gasteiger partial charge is 0.119 e. The van der Waals surface area contributed by atoms with Crippen LogP contribution in [0.15, 0.2) is 18.2 Å². The van der Waals surface area contributed by atoms with E-state index in [0.717, 1.165) is 18.7 Å². The Labute approximate surface area is 128 Å². The molecule has 1 heterocycles. The summed E-state index contributed by atoms with van der Waals surface area (Å²) in [7, 11) is 4.04. The Morgan fingerprint density at radius 2 is 2.24 bits per heavy atom. The van der Waals surface area contributed by atoms with Crippen molar-refractivity contribution in [3.05, 3.63) is 29.3 Å². The average molecular weight is 288 g/mol. The van der Waals surface area contributed by atoms with E-state index >= 15 is 0 Å². The van der Waals surface area contributed by atoms with E-state index < -0.39 is 0 Å². The summed E-state index contributed by atoms with van der Waals surface area (Å²) in [4.78, 5) is 2.54. The van der Waals surface area contributed by atoms with Gasteiger partial charge in [-0.05, 0) is 62.7 Å². The van der Waals surface area contributed by atoms with Gasteiger partial charge in [0.15, 0.2) is 0 Å². The number of nitrogens with one attached hydrogen (secondary N) is 1. The van der Waals surface area contributed by atoms with Crippen LogP contribution in [0.1, 0.15) is 37.8 Å². The molecule has 2 aliphatic rings. The summed E-state index contributed by atoms with van der Waals surface area (Å²) >= 11 is 0. The van der Waals surface area contributed by atoms with Crippen molar-refractivity contribution in [3.8, 4) is 5.75 Å². The number of likely N-dealkylation sites (N-methyl/N-ethyl adjacent to an activating group) is 1. The van der Waals surface area contributed by atoms with Crippen LogP contribution in [0.5, 0.6) is 5.75 Å². The fourth-order valence-corrected chi connectivity index (χ4v) is 4.26. The highest BCUT2D eigenvalue weighted by atomic mass is 16.5. The third-order valence-electron chi connectivity index (χ3n) is 5.60. The molecule has 1 fully saturated rings. The first kappa shape index (κ1) is 14.9. The lowest BCUT2D eigenvalue weighted by Gasteiger charge is -2.55. The van der Waals surface area contributed by atoms with Crippen LogP contribution in [0.3, 0.4) is 0 Å². The lowest BCUT2D eigenvalue weighted by Crippen LogP contribution is -2.66. The third-order valence-corrected chi connectivity index (χ3v) is 5.60. The zero-order chi connectivity index (χ0) is 15.0. The quantitative estimate of drug-likeness (QED) is 0.921. The molecule has 3 rings (SSSR count). The molecule has 3 heteroatoms. The van der Waals surface area contributed by atoms with Gasteiger partial charge in [0.25, 0.3) is 0 Å². The molecule has 0 aromatic heterocycles. The number of hydrogen-bond donors (Lipinski definition) is 1. The molecule has 3 nitrogen and oxygen atoms in total. The van der Waals surface area contributed by atoms with Gasteiger partial charge in [-0.2, -0.15) is 0 Å². The molecule has 21 heavy (non-hydrogen) atoms. The minimum atomic E-state index is 0.217. The molecule has 0 amide bonds. The molecule has 2 bridgehead atoms. The molecule has 116 valence electrons. The Morgan fingerprint density at radius 3 is 2.95 bits per heavy atom. The molecular formula is C18H28N2O. The van der Waals surface area contributed by atoms with Crippen molar-refractivity contribution in [1.29, 1.82) is 0 Å². The SMILES string of the molecule is CCCN[C@@H]1[C@H]2Cc3ccc(OC)cc3C1(C)CCN2C. The molecule has 1 N–H and O–H groups in total. The van der Waals surface area contributed by atoms with Gasteiger partial charge in [0.05, 0.1) is 7.11 Å². The summed E-state index contributed by atoms with van der Waals surface area (Å²) in [6, 6.07) is 7.80. The highest BCUT2D eigenvalue weighted by Crippen LogP contribution is 2.45. The average Bonchev–Trinajstić information content (AvgIpc) is 2.50. The summed E-state index contributed by atoms with van der Waals surface area (Å²) in [5.41, 5.74) is 3.22. The molecular weight excluding hydrogens is 260 g/mol. The van der Waals surface area contributed by atoms with E-state index in [4.69, 9.17) is 4.74 Å². The van der Waals surface area contributed by atoms with Crippen molar-refractivity contribution in [2.75, 3.05) is 27.2 Å². The number of fused-ring (bicyclic) bond motifs is 4. The third kappa shape index (κ3) is 2.36. The van der Waals surface area contributed by atoms with Gasteiger partial charge in [0, 0.05) is 17.5 Å². The molecule has 0 radical (unpaired) electrons. The van der Waals surface area contributed by atoms with Gasteiger partial charge in [0.2, 0.25) is 0 Å². The number of nitrogens with zero attached hydrogens (tertiary/aromatic N) is 1. The Morgan fingerprint density at radius 1 is 1.43 bits per heavy atom. The summed E-state index contributed by atoms with van der Waals surface area (Å²) < 4.78 is 5.47. The fraction of sp³-hybridized carbons (Fsp3) is 0.667. The maximum Gasteiger partial charge on any atom is 0.119 e. The van der Waals surface area contributed by atoms with Gasteiger partial charge < -0.3 is 15.0 Å². The van der Waals surface area contributed by atoms with Gasteiger partial charge in [-0.3, -0.25) is 0 Å². The Bertz CT molecular complexity index is 516. The summed E-state index contributed by atoms with van der Waals surface area (Å²) in [5.74, 6) is 0.988. The lowest BCUT2D eigenvalue weighted by molar-refractivity contribution is 0.0661. The summed E-state index contributed by atoms with van der Waals surface area (Å²) in [6.07, 6.45) is 3.54. The second kappa shape index (κ2) is 5.62. The Balaban J connectivity index is 2.04. The monoisotopic (exact) mass is 288 g/mol. The standard InChI is InChI=1S/C18H28N2O/c1-5-9-19-17-16-11-13-6-7-14(21-4)12-15(13)18(17,2)8-10-20(16)3/h6-7,12,16-17,19H,5,8-11H2,1-4H3/t16-,17-,18?/m1/s1. The van der Waals surface area contributed by atoms with Crippen molar-refractivity contribution in [2.24, 2.45) is 0 Å². The van der Waals surface area contributed by atoms with E-state index in [2.05, 4.69) is 49.3 Å².